The van der Waals surface area contributed by atoms with Crippen molar-refractivity contribution < 1.29 is 27.1 Å². The number of hydrogen-bond donors (Lipinski definition) is 0. The van der Waals surface area contributed by atoms with Gasteiger partial charge in [-0.2, -0.15) is 4.68 Å². The molecule has 0 N–H and O–H groups in total. The first kappa shape index (κ1) is 22.0. The molecule has 2 heterocycles. The Bertz CT molecular complexity index is 1030. The average molecular weight is 439 g/mol. The molecule has 30 heavy (non-hydrogen) atoms. The van der Waals surface area contributed by atoms with Crippen LogP contribution < -0.4 is 5.76 Å². The first-order valence-corrected chi connectivity index (χ1v) is 11.5. The van der Waals surface area contributed by atoms with E-state index in [2.05, 4.69) is 5.10 Å². The number of hydrogen-bond acceptors (Lipinski definition) is 8. The second-order valence-electron chi connectivity index (χ2n) is 7.37. The van der Waals surface area contributed by atoms with E-state index in [1.165, 1.54) is 24.3 Å². The molecule has 10 nitrogen and oxygen atoms in total. The topological polar surface area (TPSA) is 121 Å². The van der Waals surface area contributed by atoms with Crippen LogP contribution in [0.2, 0.25) is 0 Å². The van der Waals surface area contributed by atoms with Crippen LogP contribution in [0.15, 0.2) is 38.4 Å². The number of benzene rings is 1. The second-order valence-corrected chi connectivity index (χ2v) is 9.39. The number of likely N-dealkylation sites (tertiary alicyclic amines) is 1. The molecule has 1 saturated heterocycles. The third-order valence-corrected chi connectivity index (χ3v) is 5.71. The number of nitrogens with zero attached hydrogens (tertiary/aromatic N) is 3. The first-order valence-electron chi connectivity index (χ1n) is 9.60. The number of carbonyl (C=O) groups is 1. The molecule has 0 radical (unpaired) electrons. The standard InChI is InChI=1S/C19H25N3O7S/c1-13(2)28-18(23)21-10-8-15(9-11-21)27-12-17-20-22(19(24)29-17)14-4-6-16(7-5-14)30(3,25)26/h4-7,13,15H,8-12H2,1-3H3. The summed E-state index contributed by atoms with van der Waals surface area (Å²) in [5.74, 6) is -0.569. The van der Waals surface area contributed by atoms with Crippen LogP contribution in [0.25, 0.3) is 5.69 Å². The van der Waals surface area contributed by atoms with E-state index in [0.717, 1.165) is 10.9 Å². The molecule has 1 aliphatic heterocycles. The summed E-state index contributed by atoms with van der Waals surface area (Å²) in [6, 6.07) is 5.77. The summed E-state index contributed by atoms with van der Waals surface area (Å²) in [5, 5.41) is 4.11. The molecule has 1 aliphatic rings. The van der Waals surface area contributed by atoms with Crippen molar-refractivity contribution >= 4 is 15.9 Å². The average Bonchev–Trinajstić information content (AvgIpc) is 3.06. The normalized spacial score (nSPS) is 15.5. The Labute approximate surface area is 174 Å². The lowest BCUT2D eigenvalue weighted by molar-refractivity contribution is -0.0136. The van der Waals surface area contributed by atoms with E-state index in [1.54, 1.807) is 18.7 Å². The molecule has 0 bridgehead atoms. The van der Waals surface area contributed by atoms with Crippen molar-refractivity contribution in [2.75, 3.05) is 19.3 Å². The van der Waals surface area contributed by atoms with Gasteiger partial charge < -0.3 is 18.8 Å². The molecular weight excluding hydrogens is 414 g/mol. The van der Waals surface area contributed by atoms with E-state index in [9.17, 15) is 18.0 Å². The van der Waals surface area contributed by atoms with Gasteiger partial charge in [0.1, 0.15) is 6.61 Å². The lowest BCUT2D eigenvalue weighted by Gasteiger charge is -2.31. The largest absolute Gasteiger partial charge is 0.447 e. The highest BCUT2D eigenvalue weighted by Gasteiger charge is 2.25. The van der Waals surface area contributed by atoms with Gasteiger partial charge in [0.15, 0.2) is 9.84 Å². The Morgan fingerprint density at radius 1 is 1.23 bits per heavy atom. The lowest BCUT2D eigenvalue weighted by Crippen LogP contribution is -2.41. The van der Waals surface area contributed by atoms with Crippen LogP contribution in [-0.4, -0.2) is 60.7 Å². The number of piperidine rings is 1. The minimum absolute atomic E-state index is 0.0186. The summed E-state index contributed by atoms with van der Waals surface area (Å²) >= 11 is 0. The van der Waals surface area contributed by atoms with Crippen molar-refractivity contribution in [1.82, 2.24) is 14.7 Å². The van der Waals surface area contributed by atoms with Gasteiger partial charge in [-0.1, -0.05) is 0 Å². The monoisotopic (exact) mass is 439 g/mol. The summed E-state index contributed by atoms with van der Waals surface area (Å²) in [6.45, 7) is 4.69. The quantitative estimate of drug-likeness (QED) is 0.667. The Morgan fingerprint density at radius 2 is 1.87 bits per heavy atom. The van der Waals surface area contributed by atoms with Gasteiger partial charge in [0.05, 0.1) is 22.8 Å². The highest BCUT2D eigenvalue weighted by Crippen LogP contribution is 2.17. The zero-order chi connectivity index (χ0) is 21.9. The van der Waals surface area contributed by atoms with Gasteiger partial charge in [0.25, 0.3) is 0 Å². The van der Waals surface area contributed by atoms with Crippen molar-refractivity contribution in [2.24, 2.45) is 0 Å². The number of amides is 1. The molecule has 1 aromatic heterocycles. The number of aromatic nitrogens is 2. The zero-order valence-corrected chi connectivity index (χ0v) is 17.9. The number of sulfone groups is 1. The Kier molecular flexibility index (Phi) is 6.61. The third kappa shape index (κ3) is 5.48. The summed E-state index contributed by atoms with van der Waals surface area (Å²) in [7, 11) is -3.33. The molecule has 1 aromatic carbocycles. The lowest BCUT2D eigenvalue weighted by atomic mass is 10.1. The minimum Gasteiger partial charge on any atom is -0.447 e. The minimum atomic E-state index is -3.33. The summed E-state index contributed by atoms with van der Waals surface area (Å²) in [5.41, 5.74) is 0.388. The van der Waals surface area contributed by atoms with Crippen LogP contribution >= 0.6 is 0 Å². The first-order chi connectivity index (χ1) is 14.1. The van der Waals surface area contributed by atoms with Gasteiger partial charge in [0, 0.05) is 19.3 Å². The van der Waals surface area contributed by atoms with E-state index in [1.807, 2.05) is 0 Å². The van der Waals surface area contributed by atoms with Crippen LogP contribution in [-0.2, 0) is 25.9 Å². The van der Waals surface area contributed by atoms with Crippen LogP contribution in [0.3, 0.4) is 0 Å². The Morgan fingerprint density at radius 3 is 2.43 bits per heavy atom. The van der Waals surface area contributed by atoms with E-state index in [0.29, 0.717) is 31.6 Å². The number of ether oxygens (including phenoxy) is 2. The smallest absolute Gasteiger partial charge is 0.442 e. The summed E-state index contributed by atoms with van der Waals surface area (Å²) < 4.78 is 40.2. The summed E-state index contributed by atoms with van der Waals surface area (Å²) in [4.78, 5) is 25.8. The molecule has 0 atom stereocenters. The summed E-state index contributed by atoms with van der Waals surface area (Å²) in [6.07, 6.45) is 1.83. The van der Waals surface area contributed by atoms with E-state index >= 15 is 0 Å². The highest BCUT2D eigenvalue weighted by atomic mass is 32.2. The van der Waals surface area contributed by atoms with Gasteiger partial charge in [-0.3, -0.25) is 0 Å². The molecule has 0 aliphatic carbocycles. The van der Waals surface area contributed by atoms with Crippen molar-refractivity contribution in [3.63, 3.8) is 0 Å². The Hall–Kier alpha value is -2.66. The van der Waals surface area contributed by atoms with Crippen molar-refractivity contribution in [3.05, 3.63) is 40.7 Å². The van der Waals surface area contributed by atoms with Crippen LogP contribution in [0.4, 0.5) is 4.79 Å². The van der Waals surface area contributed by atoms with Gasteiger partial charge in [-0.05, 0) is 51.0 Å². The van der Waals surface area contributed by atoms with Crippen molar-refractivity contribution in [1.29, 1.82) is 0 Å². The van der Waals surface area contributed by atoms with Crippen molar-refractivity contribution in [3.8, 4) is 5.69 Å². The van der Waals surface area contributed by atoms with Crippen LogP contribution in [0.5, 0.6) is 0 Å². The Balaban J connectivity index is 1.56. The maximum absolute atomic E-state index is 12.1. The maximum atomic E-state index is 12.1. The molecular formula is C19H25N3O7S. The molecule has 1 amide bonds. The predicted molar refractivity (Wildman–Crippen MR) is 106 cm³/mol. The van der Waals surface area contributed by atoms with Crippen LogP contribution in [0, 0.1) is 0 Å². The van der Waals surface area contributed by atoms with E-state index in [-0.39, 0.29) is 35.7 Å². The van der Waals surface area contributed by atoms with Crippen LogP contribution in [0.1, 0.15) is 32.6 Å². The zero-order valence-electron chi connectivity index (χ0n) is 17.1. The van der Waals surface area contributed by atoms with Gasteiger partial charge >= 0.3 is 11.8 Å². The third-order valence-electron chi connectivity index (χ3n) is 4.58. The second kappa shape index (κ2) is 9.00. The fourth-order valence-corrected chi connectivity index (χ4v) is 3.67. The van der Waals surface area contributed by atoms with E-state index in [4.69, 9.17) is 13.9 Å². The SMILES string of the molecule is CC(C)OC(=O)N1CCC(OCc2nn(-c3ccc(S(C)(=O)=O)cc3)c(=O)o2)CC1. The molecule has 1 fully saturated rings. The fraction of sp³-hybridized carbons (Fsp3) is 0.526. The van der Waals surface area contributed by atoms with Crippen molar-refractivity contribution in [2.45, 2.75) is 50.4 Å². The number of carbonyl (C=O) groups excluding carboxylic acids is 1. The van der Waals surface area contributed by atoms with E-state index < -0.39 is 15.6 Å². The highest BCUT2D eigenvalue weighted by molar-refractivity contribution is 7.90. The van der Waals surface area contributed by atoms with Gasteiger partial charge in [0.2, 0.25) is 5.89 Å². The molecule has 2 aromatic rings. The number of rotatable bonds is 6. The molecule has 0 saturated carbocycles. The molecule has 3 rings (SSSR count). The maximum Gasteiger partial charge on any atom is 0.442 e. The van der Waals surface area contributed by atoms with Gasteiger partial charge in [-0.15, -0.1) is 5.10 Å². The van der Waals surface area contributed by atoms with Gasteiger partial charge in [-0.25, -0.2) is 18.0 Å². The molecule has 164 valence electrons. The molecule has 11 heteroatoms. The fourth-order valence-electron chi connectivity index (χ4n) is 3.04. The molecule has 0 spiro atoms. The predicted octanol–water partition coefficient (Wildman–Crippen LogP) is 1.76. The molecule has 0 unspecified atom stereocenters.